The smallest absolute Gasteiger partial charge is 0.277 e. The number of benzene rings is 1. The van der Waals surface area contributed by atoms with E-state index in [2.05, 4.69) is 20.0 Å². The summed E-state index contributed by atoms with van der Waals surface area (Å²) in [4.78, 5) is 22.5. The standard InChI is InChI=1S/C25H36N6O5S/c1-5-9-22-26-17(3)23-25(33)27-24(28-31(22)23)20-14-19(10-11-21(20)36-6-2)37(34,35)30-15-18(16-30)29(4)12-7-8-13-32/h10-11,14,18,32H,5-9,12-13,15-16H2,1-4H3,(H,27,28,33). The third-order valence-corrected chi connectivity index (χ3v) is 8.56. The zero-order valence-corrected chi connectivity index (χ0v) is 22.7. The van der Waals surface area contributed by atoms with Crippen LogP contribution in [0.15, 0.2) is 27.9 Å². The fourth-order valence-electron chi connectivity index (χ4n) is 4.58. The number of aliphatic hydroxyl groups is 1. The zero-order valence-electron chi connectivity index (χ0n) is 21.9. The van der Waals surface area contributed by atoms with Crippen LogP contribution in [0, 0.1) is 6.92 Å². The highest BCUT2D eigenvalue weighted by Crippen LogP contribution is 2.33. The maximum absolute atomic E-state index is 13.4. The van der Waals surface area contributed by atoms with Crippen LogP contribution < -0.4 is 10.3 Å². The molecule has 0 radical (unpaired) electrons. The summed E-state index contributed by atoms with van der Waals surface area (Å²) >= 11 is 0. The molecule has 0 bridgehead atoms. The lowest BCUT2D eigenvalue weighted by Crippen LogP contribution is -2.60. The molecule has 202 valence electrons. The van der Waals surface area contributed by atoms with E-state index in [0.29, 0.717) is 54.5 Å². The number of imidazole rings is 1. The quantitative estimate of drug-likeness (QED) is 0.338. The number of nitrogens with one attached hydrogen (secondary N) is 1. The topological polar surface area (TPSA) is 133 Å². The lowest BCUT2D eigenvalue weighted by atomic mass is 10.1. The molecule has 0 unspecified atom stereocenters. The number of aromatic amines is 1. The number of hydrogen-bond acceptors (Lipinski definition) is 8. The Morgan fingerprint density at radius 1 is 1.24 bits per heavy atom. The van der Waals surface area contributed by atoms with Crippen molar-refractivity contribution in [1.29, 1.82) is 0 Å². The summed E-state index contributed by atoms with van der Waals surface area (Å²) in [7, 11) is -1.77. The second kappa shape index (κ2) is 11.3. The molecule has 12 heteroatoms. The first-order valence-corrected chi connectivity index (χ1v) is 14.2. The Morgan fingerprint density at radius 2 is 2.00 bits per heavy atom. The molecule has 3 heterocycles. The molecule has 3 aromatic rings. The SMILES string of the molecule is CCCc1nc(C)c2c(=O)[nH]c(-c3cc(S(=O)(=O)N4CC(N(C)CCCCO)C4)ccc3OCC)nn12. The summed E-state index contributed by atoms with van der Waals surface area (Å²) in [5, 5.41) is 13.6. The van der Waals surface area contributed by atoms with Gasteiger partial charge in [-0.05, 0) is 64.9 Å². The highest BCUT2D eigenvalue weighted by atomic mass is 32.2. The second-order valence-electron chi connectivity index (χ2n) is 9.40. The van der Waals surface area contributed by atoms with Crippen LogP contribution in [-0.4, -0.2) is 88.2 Å². The number of aromatic nitrogens is 4. The molecule has 0 amide bonds. The largest absolute Gasteiger partial charge is 0.493 e. The first-order chi connectivity index (χ1) is 17.7. The molecule has 0 spiro atoms. The van der Waals surface area contributed by atoms with Crippen LogP contribution in [0.25, 0.3) is 16.9 Å². The summed E-state index contributed by atoms with van der Waals surface area (Å²) < 4.78 is 35.7. The first kappa shape index (κ1) is 27.2. The average Bonchev–Trinajstić information content (AvgIpc) is 3.14. The van der Waals surface area contributed by atoms with Gasteiger partial charge in [-0.15, -0.1) is 5.10 Å². The van der Waals surface area contributed by atoms with Gasteiger partial charge < -0.3 is 19.7 Å². The molecule has 1 aliphatic rings. The van der Waals surface area contributed by atoms with Crippen LogP contribution >= 0.6 is 0 Å². The van der Waals surface area contributed by atoms with Gasteiger partial charge in [0.15, 0.2) is 11.3 Å². The lowest BCUT2D eigenvalue weighted by molar-refractivity contribution is 0.108. The number of unbranched alkanes of at least 4 members (excludes halogenated alkanes) is 1. The number of H-pyrrole nitrogens is 1. The highest BCUT2D eigenvalue weighted by Gasteiger charge is 2.38. The molecule has 4 rings (SSSR count). The van der Waals surface area contributed by atoms with Crippen molar-refractivity contribution in [3.05, 3.63) is 40.1 Å². The van der Waals surface area contributed by atoms with Crippen molar-refractivity contribution in [1.82, 2.24) is 28.8 Å². The van der Waals surface area contributed by atoms with Gasteiger partial charge in [-0.2, -0.15) is 4.31 Å². The fraction of sp³-hybridized carbons (Fsp3) is 0.560. The minimum absolute atomic E-state index is 0.116. The number of aliphatic hydroxyl groups excluding tert-OH is 1. The first-order valence-electron chi connectivity index (χ1n) is 12.8. The van der Waals surface area contributed by atoms with E-state index in [1.807, 2.05) is 20.9 Å². The summed E-state index contributed by atoms with van der Waals surface area (Å²) in [6, 6.07) is 4.80. The Balaban J connectivity index is 1.67. The predicted molar refractivity (Wildman–Crippen MR) is 140 cm³/mol. The summed E-state index contributed by atoms with van der Waals surface area (Å²) in [6.07, 6.45) is 3.09. The van der Waals surface area contributed by atoms with Gasteiger partial charge >= 0.3 is 0 Å². The van der Waals surface area contributed by atoms with E-state index in [0.717, 1.165) is 25.8 Å². The Kier molecular flexibility index (Phi) is 8.32. The van der Waals surface area contributed by atoms with Crippen LogP contribution in [-0.2, 0) is 16.4 Å². The van der Waals surface area contributed by atoms with Gasteiger partial charge in [0, 0.05) is 32.2 Å². The second-order valence-corrected chi connectivity index (χ2v) is 11.3. The minimum Gasteiger partial charge on any atom is -0.493 e. The van der Waals surface area contributed by atoms with Gasteiger partial charge in [0.1, 0.15) is 11.6 Å². The molecular formula is C25H36N6O5S. The van der Waals surface area contributed by atoms with Crippen molar-refractivity contribution in [3.8, 4) is 17.1 Å². The average molecular weight is 533 g/mol. The molecule has 2 N–H and O–H groups in total. The molecule has 1 saturated heterocycles. The molecule has 1 aromatic carbocycles. The van der Waals surface area contributed by atoms with E-state index in [-0.39, 0.29) is 28.9 Å². The van der Waals surface area contributed by atoms with E-state index in [1.54, 1.807) is 17.5 Å². The third kappa shape index (κ3) is 5.42. The maximum Gasteiger partial charge on any atom is 0.277 e. The van der Waals surface area contributed by atoms with Gasteiger partial charge in [0.05, 0.1) is 22.8 Å². The summed E-state index contributed by atoms with van der Waals surface area (Å²) in [6.45, 7) is 7.77. The van der Waals surface area contributed by atoms with Crippen LogP contribution in [0.4, 0.5) is 0 Å². The van der Waals surface area contributed by atoms with Gasteiger partial charge in [-0.1, -0.05) is 6.92 Å². The predicted octanol–water partition coefficient (Wildman–Crippen LogP) is 1.82. The maximum atomic E-state index is 13.4. The van der Waals surface area contributed by atoms with Crippen molar-refractivity contribution in [2.75, 3.05) is 39.9 Å². The number of sulfonamides is 1. The normalized spacial score (nSPS) is 15.0. The number of likely N-dealkylation sites (N-methyl/N-ethyl adjacent to an activating group) is 1. The van der Waals surface area contributed by atoms with Crippen molar-refractivity contribution < 1.29 is 18.3 Å². The van der Waals surface area contributed by atoms with Gasteiger partial charge in [0.2, 0.25) is 10.0 Å². The lowest BCUT2D eigenvalue weighted by Gasteiger charge is -2.43. The van der Waals surface area contributed by atoms with Gasteiger partial charge in [-0.25, -0.2) is 17.9 Å². The number of hydrogen-bond donors (Lipinski definition) is 2. The Morgan fingerprint density at radius 3 is 2.68 bits per heavy atom. The molecule has 1 aliphatic heterocycles. The molecule has 2 aromatic heterocycles. The molecule has 11 nitrogen and oxygen atoms in total. The molecule has 0 atom stereocenters. The van der Waals surface area contributed by atoms with Crippen LogP contribution in [0.1, 0.15) is 44.6 Å². The Labute approximate surface area is 217 Å². The van der Waals surface area contributed by atoms with E-state index >= 15 is 0 Å². The van der Waals surface area contributed by atoms with Crippen LogP contribution in [0.5, 0.6) is 5.75 Å². The van der Waals surface area contributed by atoms with Crippen molar-refractivity contribution in [2.24, 2.45) is 0 Å². The Bertz CT molecular complexity index is 1410. The van der Waals surface area contributed by atoms with Crippen LogP contribution in [0.2, 0.25) is 0 Å². The fourth-order valence-corrected chi connectivity index (χ4v) is 6.12. The molecule has 37 heavy (non-hydrogen) atoms. The highest BCUT2D eigenvalue weighted by molar-refractivity contribution is 7.89. The Hall–Kier alpha value is -2.80. The number of ether oxygens (including phenoxy) is 1. The molecule has 0 aliphatic carbocycles. The molecular weight excluding hydrogens is 496 g/mol. The third-order valence-electron chi connectivity index (χ3n) is 6.73. The zero-order chi connectivity index (χ0) is 26.7. The van der Waals surface area contributed by atoms with Gasteiger partial charge in [-0.3, -0.25) is 4.79 Å². The number of nitrogens with zero attached hydrogens (tertiary/aromatic N) is 5. The summed E-state index contributed by atoms with van der Waals surface area (Å²) in [5.41, 5.74) is 1.03. The van der Waals surface area contributed by atoms with E-state index < -0.39 is 10.0 Å². The van der Waals surface area contributed by atoms with E-state index in [9.17, 15) is 13.2 Å². The van der Waals surface area contributed by atoms with Crippen molar-refractivity contribution in [2.45, 2.75) is 57.4 Å². The van der Waals surface area contributed by atoms with E-state index in [4.69, 9.17) is 9.84 Å². The number of fused-ring (bicyclic) bond motifs is 1. The van der Waals surface area contributed by atoms with Crippen molar-refractivity contribution in [3.63, 3.8) is 0 Å². The summed E-state index contributed by atoms with van der Waals surface area (Å²) in [5.74, 6) is 1.33. The van der Waals surface area contributed by atoms with Gasteiger partial charge in [0.25, 0.3) is 5.56 Å². The number of aryl methyl sites for hydroxylation is 2. The molecule has 0 saturated carbocycles. The minimum atomic E-state index is -3.75. The number of rotatable bonds is 12. The van der Waals surface area contributed by atoms with E-state index in [1.165, 1.54) is 16.4 Å². The van der Waals surface area contributed by atoms with Crippen LogP contribution in [0.3, 0.4) is 0 Å². The molecule has 1 fully saturated rings. The van der Waals surface area contributed by atoms with Crippen molar-refractivity contribution >= 4 is 15.5 Å². The monoisotopic (exact) mass is 532 g/mol.